The van der Waals surface area contributed by atoms with E-state index in [1.165, 1.54) is 18.7 Å². The van der Waals surface area contributed by atoms with Crippen LogP contribution in [-0.2, 0) is 6.42 Å². The van der Waals surface area contributed by atoms with E-state index in [-0.39, 0.29) is 0 Å². The Kier molecular flexibility index (Phi) is 4.31. The molecule has 1 atom stereocenters. The van der Waals surface area contributed by atoms with Crippen LogP contribution in [0.15, 0.2) is 24.4 Å². The van der Waals surface area contributed by atoms with Crippen LogP contribution in [0.4, 0.5) is 0 Å². The first kappa shape index (κ1) is 11.6. The Morgan fingerprint density at radius 3 is 3.06 bits per heavy atom. The van der Waals surface area contributed by atoms with Gasteiger partial charge in [-0.25, -0.2) is 0 Å². The quantitative estimate of drug-likeness (QED) is 0.809. The van der Waals surface area contributed by atoms with Crippen LogP contribution in [0.25, 0.3) is 0 Å². The summed E-state index contributed by atoms with van der Waals surface area (Å²) in [7, 11) is 0. The van der Waals surface area contributed by atoms with Gasteiger partial charge in [0.2, 0.25) is 0 Å². The van der Waals surface area contributed by atoms with Crippen molar-refractivity contribution in [1.29, 1.82) is 0 Å². The van der Waals surface area contributed by atoms with Gasteiger partial charge in [0.25, 0.3) is 0 Å². The highest BCUT2D eigenvalue weighted by molar-refractivity contribution is 5.03. The van der Waals surface area contributed by atoms with Crippen LogP contribution in [0, 0.1) is 0 Å². The fourth-order valence-electron chi connectivity index (χ4n) is 2.35. The molecule has 2 heterocycles. The highest BCUT2D eigenvalue weighted by atomic mass is 15.2. The molecule has 1 aromatic heterocycles. The number of nitrogens with zero attached hydrogens (tertiary/aromatic N) is 2. The number of nitrogens with one attached hydrogen (secondary N) is 1. The number of aromatic nitrogens is 1. The lowest BCUT2D eigenvalue weighted by Gasteiger charge is -2.26. The van der Waals surface area contributed by atoms with Gasteiger partial charge in [0.05, 0.1) is 0 Å². The molecule has 1 saturated heterocycles. The van der Waals surface area contributed by atoms with Gasteiger partial charge < -0.3 is 5.32 Å². The predicted octanol–water partition coefficient (Wildman–Crippen LogP) is 1.31. The molecule has 1 aromatic rings. The van der Waals surface area contributed by atoms with Gasteiger partial charge >= 0.3 is 0 Å². The second-order valence-electron chi connectivity index (χ2n) is 4.35. The van der Waals surface area contributed by atoms with Gasteiger partial charge in [0.1, 0.15) is 0 Å². The Morgan fingerprint density at radius 2 is 2.44 bits per heavy atom. The second kappa shape index (κ2) is 5.97. The van der Waals surface area contributed by atoms with E-state index in [1.807, 2.05) is 12.3 Å². The molecule has 0 amide bonds. The molecule has 3 nitrogen and oxygen atoms in total. The maximum absolute atomic E-state index is 4.37. The molecule has 3 heteroatoms. The zero-order chi connectivity index (χ0) is 11.2. The maximum atomic E-state index is 4.37. The molecule has 1 aliphatic heterocycles. The fraction of sp³-hybridized carbons (Fsp3) is 0.615. The van der Waals surface area contributed by atoms with Gasteiger partial charge in [-0.2, -0.15) is 0 Å². The highest BCUT2D eigenvalue weighted by Gasteiger charge is 2.20. The van der Waals surface area contributed by atoms with Crippen molar-refractivity contribution >= 4 is 0 Å². The molecule has 0 saturated carbocycles. The number of likely N-dealkylation sites (N-methyl/N-ethyl adjacent to an activating group) is 1. The normalized spacial score (nSPS) is 20.5. The number of hydrogen-bond donors (Lipinski definition) is 1. The molecule has 1 aliphatic rings. The van der Waals surface area contributed by atoms with Gasteiger partial charge in [-0.15, -0.1) is 0 Å². The van der Waals surface area contributed by atoms with Gasteiger partial charge in [-0.05, 0) is 31.6 Å². The van der Waals surface area contributed by atoms with E-state index in [1.54, 1.807) is 0 Å². The third-order valence-electron chi connectivity index (χ3n) is 3.34. The minimum Gasteiger partial charge on any atom is -0.315 e. The van der Waals surface area contributed by atoms with Crippen LogP contribution in [-0.4, -0.2) is 42.1 Å². The van der Waals surface area contributed by atoms with Crippen LogP contribution in [0.1, 0.15) is 19.0 Å². The lowest BCUT2D eigenvalue weighted by molar-refractivity contribution is 0.221. The van der Waals surface area contributed by atoms with E-state index in [2.05, 4.69) is 34.3 Å². The smallest absolute Gasteiger partial charge is 0.0416 e. The largest absolute Gasteiger partial charge is 0.315 e. The van der Waals surface area contributed by atoms with Crippen LogP contribution in [0.5, 0.6) is 0 Å². The Hall–Kier alpha value is -0.930. The monoisotopic (exact) mass is 219 g/mol. The SMILES string of the molecule is CCN(CCc1ccccn1)C1CCNC1. The summed E-state index contributed by atoms with van der Waals surface area (Å²) in [6, 6.07) is 6.88. The average Bonchev–Trinajstić information content (AvgIpc) is 2.85. The summed E-state index contributed by atoms with van der Waals surface area (Å²) in [5.74, 6) is 0. The van der Waals surface area contributed by atoms with Crippen molar-refractivity contribution < 1.29 is 0 Å². The first-order valence-electron chi connectivity index (χ1n) is 6.25. The third kappa shape index (κ3) is 3.03. The Bertz CT molecular complexity index is 293. The lowest BCUT2D eigenvalue weighted by Crippen LogP contribution is -2.38. The molecule has 1 N–H and O–H groups in total. The highest BCUT2D eigenvalue weighted by Crippen LogP contribution is 2.09. The van der Waals surface area contributed by atoms with Crippen LogP contribution in [0.3, 0.4) is 0 Å². The topological polar surface area (TPSA) is 28.2 Å². The summed E-state index contributed by atoms with van der Waals surface area (Å²) in [5, 5.41) is 3.43. The maximum Gasteiger partial charge on any atom is 0.0416 e. The Morgan fingerprint density at radius 1 is 1.50 bits per heavy atom. The van der Waals surface area contributed by atoms with E-state index < -0.39 is 0 Å². The second-order valence-corrected chi connectivity index (χ2v) is 4.35. The standard InChI is InChI=1S/C13H21N3/c1-2-16(13-6-9-14-11-13)10-7-12-5-3-4-8-15-12/h3-5,8,13-14H,2,6-7,9-11H2,1H3. The summed E-state index contributed by atoms with van der Waals surface area (Å²) < 4.78 is 0. The minimum absolute atomic E-state index is 0.730. The molecule has 0 radical (unpaired) electrons. The molecule has 88 valence electrons. The van der Waals surface area contributed by atoms with Gasteiger partial charge in [0.15, 0.2) is 0 Å². The van der Waals surface area contributed by atoms with Crippen molar-refractivity contribution in [3.05, 3.63) is 30.1 Å². The summed E-state index contributed by atoms with van der Waals surface area (Å²) in [4.78, 5) is 6.93. The molecule has 0 aromatic carbocycles. The number of pyridine rings is 1. The Labute approximate surface area is 97.9 Å². The number of hydrogen-bond acceptors (Lipinski definition) is 3. The molecule has 16 heavy (non-hydrogen) atoms. The molecule has 0 aliphatic carbocycles. The molecular formula is C13H21N3. The summed E-state index contributed by atoms with van der Waals surface area (Å²) in [6.07, 6.45) is 4.23. The molecule has 1 unspecified atom stereocenters. The summed E-state index contributed by atoms with van der Waals surface area (Å²) in [6.45, 7) is 6.83. The van der Waals surface area contributed by atoms with E-state index >= 15 is 0 Å². The van der Waals surface area contributed by atoms with Crippen molar-refractivity contribution in [3.8, 4) is 0 Å². The molecular weight excluding hydrogens is 198 g/mol. The molecule has 0 spiro atoms. The van der Waals surface area contributed by atoms with E-state index in [0.29, 0.717) is 0 Å². The van der Waals surface area contributed by atoms with Gasteiger partial charge in [-0.3, -0.25) is 9.88 Å². The van der Waals surface area contributed by atoms with Crippen LogP contribution in [0.2, 0.25) is 0 Å². The van der Waals surface area contributed by atoms with Crippen molar-refractivity contribution in [2.75, 3.05) is 26.2 Å². The van der Waals surface area contributed by atoms with Crippen molar-refractivity contribution in [1.82, 2.24) is 15.2 Å². The van der Waals surface area contributed by atoms with E-state index in [4.69, 9.17) is 0 Å². The molecule has 2 rings (SSSR count). The fourth-order valence-corrected chi connectivity index (χ4v) is 2.35. The van der Waals surface area contributed by atoms with Gasteiger partial charge in [0, 0.05) is 37.4 Å². The summed E-state index contributed by atoms with van der Waals surface area (Å²) >= 11 is 0. The van der Waals surface area contributed by atoms with Gasteiger partial charge in [-0.1, -0.05) is 13.0 Å². The van der Waals surface area contributed by atoms with Crippen LogP contribution < -0.4 is 5.32 Å². The third-order valence-corrected chi connectivity index (χ3v) is 3.34. The lowest BCUT2D eigenvalue weighted by atomic mass is 10.2. The zero-order valence-electron chi connectivity index (χ0n) is 10.0. The minimum atomic E-state index is 0.730. The molecule has 1 fully saturated rings. The Balaban J connectivity index is 1.83. The summed E-state index contributed by atoms with van der Waals surface area (Å²) in [5.41, 5.74) is 1.20. The number of rotatable bonds is 5. The molecule has 0 bridgehead atoms. The van der Waals surface area contributed by atoms with Crippen molar-refractivity contribution in [2.45, 2.75) is 25.8 Å². The first-order chi connectivity index (χ1) is 7.90. The average molecular weight is 219 g/mol. The first-order valence-corrected chi connectivity index (χ1v) is 6.25. The van der Waals surface area contributed by atoms with Crippen molar-refractivity contribution in [3.63, 3.8) is 0 Å². The van der Waals surface area contributed by atoms with Crippen LogP contribution >= 0.6 is 0 Å². The zero-order valence-corrected chi connectivity index (χ0v) is 10.0. The van der Waals surface area contributed by atoms with E-state index in [0.717, 1.165) is 32.1 Å². The van der Waals surface area contributed by atoms with E-state index in [9.17, 15) is 0 Å². The predicted molar refractivity (Wildman–Crippen MR) is 66.5 cm³/mol. The van der Waals surface area contributed by atoms with Crippen molar-refractivity contribution in [2.24, 2.45) is 0 Å².